The lowest BCUT2D eigenvalue weighted by Gasteiger charge is -2.10. The molecule has 2 aromatic heterocycles. The summed E-state index contributed by atoms with van der Waals surface area (Å²) in [4.78, 5) is 4.71. The Morgan fingerprint density at radius 1 is 1.26 bits per heavy atom. The van der Waals surface area contributed by atoms with Gasteiger partial charge in [-0.25, -0.2) is 4.99 Å². The van der Waals surface area contributed by atoms with Crippen molar-refractivity contribution in [3.05, 3.63) is 41.1 Å². The van der Waals surface area contributed by atoms with E-state index in [0.717, 1.165) is 36.8 Å². The number of nitrogens with one attached hydrogen (secondary N) is 2. The Hall–Kier alpha value is -2.24. The molecule has 2 aromatic rings. The number of aromatic nitrogens is 2. The summed E-state index contributed by atoms with van der Waals surface area (Å²) in [5, 5.41) is 11.2. The first kappa shape index (κ1) is 17.1. The highest BCUT2D eigenvalue weighted by Crippen LogP contribution is 2.16. The van der Waals surface area contributed by atoms with E-state index in [1.807, 2.05) is 23.9 Å². The fourth-order valence-electron chi connectivity index (χ4n) is 2.66. The van der Waals surface area contributed by atoms with E-state index >= 15 is 0 Å². The zero-order chi connectivity index (χ0) is 16.7. The summed E-state index contributed by atoms with van der Waals surface area (Å²) in [6, 6.07) is 3.83. The largest absolute Gasteiger partial charge is 0.467 e. The fourth-order valence-corrected chi connectivity index (χ4v) is 2.66. The first-order valence-corrected chi connectivity index (χ1v) is 8.27. The molecule has 0 aliphatic rings. The van der Waals surface area contributed by atoms with Gasteiger partial charge in [-0.1, -0.05) is 13.8 Å². The van der Waals surface area contributed by atoms with E-state index in [1.165, 1.54) is 11.3 Å². The SMILES string of the molecule is CCNC(=NCc1c(CC)nn(C)c1CC)NCc1ccco1. The van der Waals surface area contributed by atoms with Crippen LogP contribution in [0.5, 0.6) is 0 Å². The van der Waals surface area contributed by atoms with Crippen molar-refractivity contribution in [2.45, 2.75) is 46.7 Å². The Balaban J connectivity index is 2.10. The summed E-state index contributed by atoms with van der Waals surface area (Å²) in [5.41, 5.74) is 3.63. The van der Waals surface area contributed by atoms with Crippen LogP contribution in [0.1, 0.15) is 43.5 Å². The molecule has 0 aromatic carbocycles. The van der Waals surface area contributed by atoms with Crippen LogP contribution >= 0.6 is 0 Å². The van der Waals surface area contributed by atoms with Crippen LogP contribution in [0.25, 0.3) is 0 Å². The van der Waals surface area contributed by atoms with Crippen LogP contribution < -0.4 is 10.6 Å². The van der Waals surface area contributed by atoms with Gasteiger partial charge in [-0.05, 0) is 31.9 Å². The summed E-state index contributed by atoms with van der Waals surface area (Å²) in [6.07, 6.45) is 3.57. The predicted molar refractivity (Wildman–Crippen MR) is 92.3 cm³/mol. The van der Waals surface area contributed by atoms with Gasteiger partial charge >= 0.3 is 0 Å². The van der Waals surface area contributed by atoms with Crippen LogP contribution in [0.2, 0.25) is 0 Å². The van der Waals surface area contributed by atoms with E-state index in [4.69, 9.17) is 9.41 Å². The number of hydrogen-bond donors (Lipinski definition) is 2. The van der Waals surface area contributed by atoms with Gasteiger partial charge in [0.25, 0.3) is 0 Å². The van der Waals surface area contributed by atoms with Gasteiger partial charge in [-0.3, -0.25) is 4.68 Å². The maximum Gasteiger partial charge on any atom is 0.191 e. The monoisotopic (exact) mass is 317 g/mol. The van der Waals surface area contributed by atoms with Crippen LogP contribution in [-0.4, -0.2) is 22.3 Å². The minimum atomic E-state index is 0.618. The number of hydrogen-bond acceptors (Lipinski definition) is 3. The number of aliphatic imine (C=N–C) groups is 1. The lowest BCUT2D eigenvalue weighted by Crippen LogP contribution is -2.36. The molecule has 0 saturated heterocycles. The molecule has 0 bridgehead atoms. The van der Waals surface area contributed by atoms with E-state index in [-0.39, 0.29) is 0 Å². The van der Waals surface area contributed by atoms with Crippen molar-refractivity contribution in [3.63, 3.8) is 0 Å². The molecule has 0 aliphatic heterocycles. The highest BCUT2D eigenvalue weighted by Gasteiger charge is 2.13. The van der Waals surface area contributed by atoms with E-state index in [0.29, 0.717) is 13.1 Å². The Labute approximate surface area is 138 Å². The smallest absolute Gasteiger partial charge is 0.191 e. The first-order valence-electron chi connectivity index (χ1n) is 8.27. The van der Waals surface area contributed by atoms with Gasteiger partial charge in [-0.15, -0.1) is 0 Å². The van der Waals surface area contributed by atoms with Gasteiger partial charge < -0.3 is 15.1 Å². The summed E-state index contributed by atoms with van der Waals surface area (Å²) < 4.78 is 7.32. The quantitative estimate of drug-likeness (QED) is 0.608. The van der Waals surface area contributed by atoms with Crippen LogP contribution in [0, 0.1) is 0 Å². The molecule has 0 aliphatic carbocycles. The van der Waals surface area contributed by atoms with E-state index in [9.17, 15) is 0 Å². The number of aryl methyl sites for hydroxylation is 2. The molecule has 0 unspecified atom stereocenters. The van der Waals surface area contributed by atoms with Crippen molar-refractivity contribution < 1.29 is 4.42 Å². The zero-order valence-corrected chi connectivity index (χ0v) is 14.5. The second-order valence-electron chi connectivity index (χ2n) is 5.33. The molecule has 2 N–H and O–H groups in total. The van der Waals surface area contributed by atoms with Crippen molar-refractivity contribution in [2.24, 2.45) is 12.0 Å². The molecule has 0 saturated carbocycles. The van der Waals surface area contributed by atoms with Gasteiger partial charge in [0.2, 0.25) is 0 Å². The number of nitrogens with zero attached hydrogens (tertiary/aromatic N) is 3. The number of guanidine groups is 1. The second kappa shape index (κ2) is 8.41. The molecule has 126 valence electrons. The van der Waals surface area contributed by atoms with Crippen LogP contribution in [-0.2, 0) is 33.0 Å². The highest BCUT2D eigenvalue weighted by molar-refractivity contribution is 5.79. The minimum Gasteiger partial charge on any atom is -0.467 e. The molecular formula is C17H27N5O. The lowest BCUT2D eigenvalue weighted by atomic mass is 10.1. The molecule has 0 spiro atoms. The van der Waals surface area contributed by atoms with Gasteiger partial charge in [0.1, 0.15) is 5.76 Å². The van der Waals surface area contributed by atoms with E-state index in [2.05, 4.69) is 36.5 Å². The Kier molecular flexibility index (Phi) is 6.26. The maximum atomic E-state index is 5.34. The van der Waals surface area contributed by atoms with Gasteiger partial charge in [0.15, 0.2) is 5.96 Å². The van der Waals surface area contributed by atoms with Gasteiger partial charge in [0, 0.05) is 24.8 Å². The second-order valence-corrected chi connectivity index (χ2v) is 5.33. The van der Waals surface area contributed by atoms with Crippen LogP contribution in [0.3, 0.4) is 0 Å². The molecule has 0 fully saturated rings. The third kappa shape index (κ3) is 4.37. The van der Waals surface area contributed by atoms with E-state index < -0.39 is 0 Å². The molecule has 6 heteroatoms. The third-order valence-electron chi connectivity index (χ3n) is 3.78. The normalized spacial score (nSPS) is 11.7. The molecule has 0 atom stereocenters. The predicted octanol–water partition coefficient (Wildman–Crippen LogP) is 2.39. The fraction of sp³-hybridized carbons (Fsp3) is 0.529. The van der Waals surface area contributed by atoms with Crippen LogP contribution in [0.15, 0.2) is 27.8 Å². The van der Waals surface area contributed by atoms with Gasteiger partial charge in [-0.2, -0.15) is 5.10 Å². The number of furan rings is 1. The van der Waals surface area contributed by atoms with Crippen molar-refractivity contribution in [1.29, 1.82) is 0 Å². The standard InChI is InChI=1S/C17H27N5O/c1-5-15-14(16(6-2)22(4)21-15)12-20-17(18-7-3)19-11-13-9-8-10-23-13/h8-10H,5-7,11-12H2,1-4H3,(H2,18,19,20). The highest BCUT2D eigenvalue weighted by atomic mass is 16.3. The molecule has 6 nitrogen and oxygen atoms in total. The molecule has 2 heterocycles. The van der Waals surface area contributed by atoms with Crippen LogP contribution in [0.4, 0.5) is 0 Å². The topological polar surface area (TPSA) is 67.4 Å². The summed E-state index contributed by atoms with van der Waals surface area (Å²) in [6.45, 7) is 8.42. The molecular weight excluding hydrogens is 290 g/mol. The van der Waals surface area contributed by atoms with Crippen molar-refractivity contribution in [3.8, 4) is 0 Å². The summed E-state index contributed by atoms with van der Waals surface area (Å²) in [7, 11) is 2.01. The summed E-state index contributed by atoms with van der Waals surface area (Å²) in [5.74, 6) is 1.68. The molecule has 23 heavy (non-hydrogen) atoms. The summed E-state index contributed by atoms with van der Waals surface area (Å²) >= 11 is 0. The maximum absolute atomic E-state index is 5.34. The van der Waals surface area contributed by atoms with E-state index in [1.54, 1.807) is 6.26 Å². The average Bonchev–Trinajstić information content (AvgIpc) is 3.17. The molecule has 2 rings (SSSR count). The molecule has 0 radical (unpaired) electrons. The Morgan fingerprint density at radius 3 is 2.70 bits per heavy atom. The Bertz CT molecular complexity index is 628. The Morgan fingerprint density at radius 2 is 2.09 bits per heavy atom. The van der Waals surface area contributed by atoms with Crippen molar-refractivity contribution in [2.75, 3.05) is 6.54 Å². The number of rotatable bonds is 7. The van der Waals surface area contributed by atoms with Gasteiger partial charge in [0.05, 0.1) is 25.0 Å². The minimum absolute atomic E-state index is 0.618. The van der Waals surface area contributed by atoms with Crippen molar-refractivity contribution in [1.82, 2.24) is 20.4 Å². The zero-order valence-electron chi connectivity index (χ0n) is 14.5. The first-order chi connectivity index (χ1) is 11.2. The third-order valence-corrected chi connectivity index (χ3v) is 3.78. The molecule has 0 amide bonds. The average molecular weight is 317 g/mol. The van der Waals surface area contributed by atoms with Crippen molar-refractivity contribution >= 4 is 5.96 Å². The lowest BCUT2D eigenvalue weighted by molar-refractivity contribution is 0.501.